The second kappa shape index (κ2) is 6.39. The predicted octanol–water partition coefficient (Wildman–Crippen LogP) is 4.45. The van der Waals surface area contributed by atoms with Crippen molar-refractivity contribution in [1.29, 1.82) is 0 Å². The fourth-order valence-electron chi connectivity index (χ4n) is 3.50. The number of aromatic nitrogens is 3. The molecule has 0 aliphatic carbocycles. The molecule has 0 spiro atoms. The summed E-state index contributed by atoms with van der Waals surface area (Å²) in [6.07, 6.45) is -0.545. The molecule has 3 aliphatic rings. The van der Waals surface area contributed by atoms with E-state index < -0.39 is 11.7 Å². The summed E-state index contributed by atoms with van der Waals surface area (Å²) in [5.74, 6) is 1.32. The standard InChI is InChI=1S/C19H19F3N4/c1-11-8-13(6-7-23-11)18-24-10-17-16(26-18)9-15(25-17)12-2-4-14(5-3-12)19(20,21)22/h2-5,9-11,13,23H,6-8H2,1H3,(H,24,26). The highest BCUT2D eigenvalue weighted by atomic mass is 19.4. The molecule has 1 aromatic carbocycles. The van der Waals surface area contributed by atoms with Crippen molar-refractivity contribution in [3.63, 3.8) is 0 Å². The molecule has 2 N–H and O–H groups in total. The molecule has 3 heterocycles. The van der Waals surface area contributed by atoms with E-state index in [1.165, 1.54) is 12.1 Å². The maximum Gasteiger partial charge on any atom is 0.416 e. The molecule has 2 unspecified atom stereocenters. The quantitative estimate of drug-likeness (QED) is 0.710. The number of benzene rings is 1. The number of halogens is 3. The van der Waals surface area contributed by atoms with Crippen LogP contribution in [0, 0.1) is 0 Å². The fraction of sp³-hybridized carbons (Fsp3) is 0.368. The van der Waals surface area contributed by atoms with E-state index >= 15 is 0 Å². The lowest BCUT2D eigenvalue weighted by molar-refractivity contribution is -0.137. The molecule has 1 aromatic rings. The number of piperidine rings is 1. The van der Waals surface area contributed by atoms with Gasteiger partial charge in [0.2, 0.25) is 0 Å². The van der Waals surface area contributed by atoms with Crippen molar-refractivity contribution in [2.24, 2.45) is 0 Å². The number of hydrogen-bond acceptors (Lipinski definition) is 3. The number of rotatable bonds is 2. The maximum atomic E-state index is 12.7. The predicted molar refractivity (Wildman–Crippen MR) is 92.9 cm³/mol. The second-order valence-electron chi connectivity index (χ2n) is 6.86. The summed E-state index contributed by atoms with van der Waals surface area (Å²) in [5, 5.41) is 3.43. The highest BCUT2D eigenvalue weighted by Gasteiger charge is 2.30. The minimum atomic E-state index is -4.33. The van der Waals surface area contributed by atoms with E-state index in [9.17, 15) is 13.2 Å². The van der Waals surface area contributed by atoms with Gasteiger partial charge in [0.1, 0.15) is 11.5 Å². The molecule has 0 bridgehead atoms. The van der Waals surface area contributed by atoms with Crippen LogP contribution in [0.1, 0.15) is 37.1 Å². The summed E-state index contributed by atoms with van der Waals surface area (Å²) in [6.45, 7) is 3.13. The molecule has 136 valence electrons. The molecule has 0 saturated carbocycles. The zero-order valence-electron chi connectivity index (χ0n) is 14.3. The third-order valence-corrected chi connectivity index (χ3v) is 4.90. The first kappa shape index (κ1) is 17.0. The van der Waals surface area contributed by atoms with Crippen molar-refractivity contribution in [1.82, 2.24) is 20.3 Å². The highest BCUT2D eigenvalue weighted by Crippen LogP contribution is 2.33. The summed E-state index contributed by atoms with van der Waals surface area (Å²) in [5.41, 5.74) is 2.21. The van der Waals surface area contributed by atoms with Gasteiger partial charge < -0.3 is 10.3 Å². The Hall–Kier alpha value is -2.41. The van der Waals surface area contributed by atoms with E-state index in [4.69, 9.17) is 0 Å². The summed E-state index contributed by atoms with van der Waals surface area (Å²) in [4.78, 5) is 12.4. The molecule has 7 heteroatoms. The first-order chi connectivity index (χ1) is 12.4. The van der Waals surface area contributed by atoms with Gasteiger partial charge in [-0.05, 0) is 44.5 Å². The van der Waals surface area contributed by atoms with Crippen LogP contribution in [0.25, 0.3) is 22.6 Å². The Labute approximate surface area is 149 Å². The lowest BCUT2D eigenvalue weighted by Crippen LogP contribution is -2.35. The second-order valence-corrected chi connectivity index (χ2v) is 6.86. The average molecular weight is 360 g/mol. The Balaban J connectivity index is 1.63. The zero-order chi connectivity index (χ0) is 18.3. The van der Waals surface area contributed by atoms with Gasteiger partial charge in [0.05, 0.1) is 23.1 Å². The van der Waals surface area contributed by atoms with Crippen LogP contribution < -0.4 is 5.32 Å². The van der Waals surface area contributed by atoms with Crippen molar-refractivity contribution in [2.75, 3.05) is 6.54 Å². The SMILES string of the molecule is CC1CC(c2ncc3nc(-c4ccc(C(F)(F)F)cc4)cc-3[nH]2)CCN1. The van der Waals surface area contributed by atoms with Crippen LogP contribution in [0.3, 0.4) is 0 Å². The largest absolute Gasteiger partial charge is 0.416 e. The van der Waals surface area contributed by atoms with Crippen LogP contribution in [0.15, 0.2) is 36.5 Å². The molecule has 0 aromatic heterocycles. The monoisotopic (exact) mass is 360 g/mol. The van der Waals surface area contributed by atoms with Crippen LogP contribution >= 0.6 is 0 Å². The Morgan fingerprint density at radius 3 is 2.58 bits per heavy atom. The Bertz CT molecular complexity index is 869. The zero-order valence-corrected chi connectivity index (χ0v) is 14.3. The smallest absolute Gasteiger partial charge is 0.342 e. The van der Waals surface area contributed by atoms with Gasteiger partial charge in [-0.25, -0.2) is 9.97 Å². The topological polar surface area (TPSA) is 53.6 Å². The van der Waals surface area contributed by atoms with Crippen molar-refractivity contribution >= 4 is 0 Å². The van der Waals surface area contributed by atoms with Crippen molar-refractivity contribution in [2.45, 2.75) is 37.9 Å². The van der Waals surface area contributed by atoms with Crippen molar-refractivity contribution < 1.29 is 13.2 Å². The van der Waals surface area contributed by atoms with E-state index in [1.54, 1.807) is 6.20 Å². The molecule has 1 saturated heterocycles. The number of hydrogen-bond donors (Lipinski definition) is 2. The van der Waals surface area contributed by atoms with Crippen LogP contribution in [0.4, 0.5) is 13.2 Å². The van der Waals surface area contributed by atoms with E-state index in [0.717, 1.165) is 43.0 Å². The summed E-state index contributed by atoms with van der Waals surface area (Å²) in [6, 6.07) is 7.39. The number of alkyl halides is 3. The van der Waals surface area contributed by atoms with E-state index in [-0.39, 0.29) is 0 Å². The maximum absolute atomic E-state index is 12.7. The van der Waals surface area contributed by atoms with Crippen LogP contribution in [-0.2, 0) is 6.18 Å². The lowest BCUT2D eigenvalue weighted by Gasteiger charge is -2.27. The average Bonchev–Trinajstić information content (AvgIpc) is 3.04. The minimum absolute atomic E-state index is 0.375. The van der Waals surface area contributed by atoms with E-state index in [0.29, 0.717) is 28.9 Å². The molecule has 1 fully saturated rings. The fourth-order valence-corrected chi connectivity index (χ4v) is 3.50. The summed E-state index contributed by atoms with van der Waals surface area (Å²) >= 11 is 0. The van der Waals surface area contributed by atoms with Gasteiger partial charge in [0, 0.05) is 17.5 Å². The molecule has 4 rings (SSSR count). The minimum Gasteiger partial charge on any atom is -0.342 e. The van der Waals surface area contributed by atoms with Crippen molar-refractivity contribution in [3.8, 4) is 22.6 Å². The van der Waals surface area contributed by atoms with Gasteiger partial charge in [-0.2, -0.15) is 13.2 Å². The van der Waals surface area contributed by atoms with Crippen LogP contribution in [0.2, 0.25) is 0 Å². The van der Waals surface area contributed by atoms with E-state index in [2.05, 4.69) is 27.2 Å². The number of nitrogens with zero attached hydrogens (tertiary/aromatic N) is 2. The normalized spacial score (nSPS) is 21.2. The molecule has 0 amide bonds. The van der Waals surface area contributed by atoms with Crippen LogP contribution in [0.5, 0.6) is 0 Å². The third-order valence-electron chi connectivity index (χ3n) is 4.90. The van der Waals surface area contributed by atoms with Gasteiger partial charge in [0.15, 0.2) is 0 Å². The number of H-pyrrole nitrogens is 1. The Morgan fingerprint density at radius 2 is 1.88 bits per heavy atom. The lowest BCUT2D eigenvalue weighted by atomic mass is 9.92. The molecular weight excluding hydrogens is 341 g/mol. The van der Waals surface area contributed by atoms with Gasteiger partial charge in [-0.15, -0.1) is 0 Å². The highest BCUT2D eigenvalue weighted by molar-refractivity contribution is 5.70. The summed E-state index contributed by atoms with van der Waals surface area (Å²) in [7, 11) is 0. The number of nitrogens with one attached hydrogen (secondary N) is 2. The molecule has 2 atom stereocenters. The van der Waals surface area contributed by atoms with Gasteiger partial charge >= 0.3 is 6.18 Å². The first-order valence-electron chi connectivity index (χ1n) is 8.67. The molecule has 4 nitrogen and oxygen atoms in total. The number of aromatic amines is 1. The molecule has 0 radical (unpaired) electrons. The molecule has 3 aliphatic heterocycles. The van der Waals surface area contributed by atoms with Gasteiger partial charge in [-0.3, -0.25) is 0 Å². The molecule has 26 heavy (non-hydrogen) atoms. The molecular formula is C19H19F3N4. The Morgan fingerprint density at radius 1 is 1.12 bits per heavy atom. The summed E-state index contributed by atoms with van der Waals surface area (Å²) < 4.78 is 38.1. The first-order valence-corrected chi connectivity index (χ1v) is 8.67. The third kappa shape index (κ3) is 3.31. The Kier molecular flexibility index (Phi) is 4.19. The van der Waals surface area contributed by atoms with Crippen molar-refractivity contribution in [3.05, 3.63) is 47.9 Å². The van der Waals surface area contributed by atoms with Gasteiger partial charge in [0.25, 0.3) is 0 Å². The van der Waals surface area contributed by atoms with E-state index in [1.807, 2.05) is 6.07 Å². The van der Waals surface area contributed by atoms with Crippen LogP contribution in [-0.4, -0.2) is 27.5 Å². The van der Waals surface area contributed by atoms with Gasteiger partial charge in [-0.1, -0.05) is 12.1 Å². The number of fused-ring (bicyclic) bond motifs is 1.